The maximum atomic E-state index is 12.8. The molecule has 0 aliphatic carbocycles. The second kappa shape index (κ2) is 7.70. The summed E-state index contributed by atoms with van der Waals surface area (Å²) in [5.74, 6) is 0.239. The molecule has 2 aromatic carbocycles. The van der Waals surface area contributed by atoms with Crippen molar-refractivity contribution in [2.75, 3.05) is 20.2 Å². The first-order valence-electron chi connectivity index (χ1n) is 7.69. The molecule has 1 aromatic heterocycles. The van der Waals surface area contributed by atoms with Crippen molar-refractivity contribution < 1.29 is 14.2 Å². The summed E-state index contributed by atoms with van der Waals surface area (Å²) in [4.78, 5) is 6.60. The molecule has 0 aliphatic heterocycles. The van der Waals surface area contributed by atoms with E-state index in [1.165, 1.54) is 16.8 Å². The predicted molar refractivity (Wildman–Crippen MR) is 93.9 cm³/mol. The van der Waals surface area contributed by atoms with Gasteiger partial charge >= 0.3 is 0 Å². The van der Waals surface area contributed by atoms with Gasteiger partial charge in [-0.3, -0.25) is 4.90 Å². The Balaban J connectivity index is 1.48. The number of para-hydroxylation sites is 1. The van der Waals surface area contributed by atoms with Crippen molar-refractivity contribution in [2.24, 2.45) is 0 Å². The number of thiazole rings is 1. The molecule has 1 N–H and O–H groups in total. The normalized spacial score (nSPS) is 12.7. The van der Waals surface area contributed by atoms with Crippen LogP contribution in [0.3, 0.4) is 0 Å². The average Bonchev–Trinajstić information content (AvgIpc) is 2.96. The van der Waals surface area contributed by atoms with Crippen LogP contribution in [0, 0.1) is 5.82 Å². The number of aliphatic hydroxyl groups is 1. The van der Waals surface area contributed by atoms with Gasteiger partial charge in [0, 0.05) is 6.54 Å². The quantitative estimate of drug-likeness (QED) is 0.713. The number of nitrogens with zero attached hydrogens (tertiary/aromatic N) is 2. The van der Waals surface area contributed by atoms with Gasteiger partial charge in [0.05, 0.1) is 16.8 Å². The lowest BCUT2D eigenvalue weighted by Crippen LogP contribution is -2.32. The third-order valence-corrected chi connectivity index (χ3v) is 4.54. The smallest absolute Gasteiger partial charge is 0.123 e. The molecule has 126 valence electrons. The van der Waals surface area contributed by atoms with E-state index in [1.54, 1.807) is 23.5 Å². The molecule has 3 rings (SSSR count). The van der Waals surface area contributed by atoms with Crippen LogP contribution in [0.25, 0.3) is 10.2 Å². The highest BCUT2D eigenvalue weighted by Gasteiger charge is 2.12. The van der Waals surface area contributed by atoms with Gasteiger partial charge in [0.15, 0.2) is 0 Å². The highest BCUT2D eigenvalue weighted by molar-refractivity contribution is 7.18. The minimum Gasteiger partial charge on any atom is -0.491 e. The SMILES string of the molecule is CN(Cc1nc2ccccc2s1)C[C@H](O)COc1ccc(F)cc1. The summed E-state index contributed by atoms with van der Waals surface area (Å²) in [6.45, 7) is 1.31. The van der Waals surface area contributed by atoms with Gasteiger partial charge in [0.2, 0.25) is 0 Å². The first-order chi connectivity index (χ1) is 11.6. The van der Waals surface area contributed by atoms with Crippen LogP contribution >= 0.6 is 11.3 Å². The average molecular weight is 346 g/mol. The lowest BCUT2D eigenvalue weighted by atomic mass is 10.3. The van der Waals surface area contributed by atoms with E-state index in [1.807, 2.05) is 30.1 Å². The number of likely N-dealkylation sites (N-methyl/N-ethyl adjacent to an activating group) is 1. The van der Waals surface area contributed by atoms with Crippen molar-refractivity contribution >= 4 is 21.6 Å². The molecular weight excluding hydrogens is 327 g/mol. The Morgan fingerprint density at radius 3 is 2.71 bits per heavy atom. The molecule has 0 saturated carbocycles. The highest BCUT2D eigenvalue weighted by atomic mass is 32.1. The van der Waals surface area contributed by atoms with E-state index in [0.717, 1.165) is 10.5 Å². The lowest BCUT2D eigenvalue weighted by molar-refractivity contribution is 0.0743. The molecule has 0 spiro atoms. The van der Waals surface area contributed by atoms with Gasteiger partial charge in [-0.05, 0) is 43.4 Å². The Labute approximate surface area is 144 Å². The van der Waals surface area contributed by atoms with Crippen molar-refractivity contribution in [3.05, 3.63) is 59.4 Å². The van der Waals surface area contributed by atoms with Crippen LogP contribution in [-0.4, -0.2) is 41.3 Å². The largest absolute Gasteiger partial charge is 0.491 e. The number of halogens is 1. The highest BCUT2D eigenvalue weighted by Crippen LogP contribution is 2.22. The second-order valence-corrected chi connectivity index (χ2v) is 6.81. The standard InChI is InChI=1S/C18H19FN2O2S/c1-21(11-18-20-16-4-2-3-5-17(16)24-18)10-14(22)12-23-15-8-6-13(19)7-9-15/h2-9,14,22H,10-12H2,1H3/t14-/m0/s1. The predicted octanol–water partition coefficient (Wildman–Crippen LogP) is 3.31. The van der Waals surface area contributed by atoms with Gasteiger partial charge in [-0.2, -0.15) is 0 Å². The molecule has 1 heterocycles. The summed E-state index contributed by atoms with van der Waals surface area (Å²) < 4.78 is 19.5. The van der Waals surface area contributed by atoms with Crippen LogP contribution in [-0.2, 0) is 6.54 Å². The maximum Gasteiger partial charge on any atom is 0.123 e. The third-order valence-electron chi connectivity index (χ3n) is 3.52. The van der Waals surface area contributed by atoms with Gasteiger partial charge < -0.3 is 9.84 Å². The third kappa shape index (κ3) is 4.50. The van der Waals surface area contributed by atoms with Gasteiger partial charge in [0.25, 0.3) is 0 Å². The van der Waals surface area contributed by atoms with E-state index in [-0.39, 0.29) is 12.4 Å². The zero-order chi connectivity index (χ0) is 16.9. The topological polar surface area (TPSA) is 45.6 Å². The Hall–Kier alpha value is -2.02. The van der Waals surface area contributed by atoms with Crippen LogP contribution in [0.15, 0.2) is 48.5 Å². The fraction of sp³-hybridized carbons (Fsp3) is 0.278. The van der Waals surface area contributed by atoms with E-state index in [0.29, 0.717) is 18.8 Å². The number of ether oxygens (including phenoxy) is 1. The van der Waals surface area contributed by atoms with E-state index in [2.05, 4.69) is 11.1 Å². The summed E-state index contributed by atoms with van der Waals surface area (Å²) in [7, 11) is 1.94. The van der Waals surface area contributed by atoms with Crippen molar-refractivity contribution in [1.82, 2.24) is 9.88 Å². The van der Waals surface area contributed by atoms with Gasteiger partial charge in [-0.1, -0.05) is 12.1 Å². The van der Waals surface area contributed by atoms with Gasteiger partial charge in [-0.15, -0.1) is 11.3 Å². The van der Waals surface area contributed by atoms with E-state index in [4.69, 9.17) is 4.74 Å². The number of fused-ring (bicyclic) bond motifs is 1. The fourth-order valence-electron chi connectivity index (χ4n) is 2.42. The molecule has 0 bridgehead atoms. The Morgan fingerprint density at radius 2 is 1.96 bits per heavy atom. The lowest BCUT2D eigenvalue weighted by Gasteiger charge is -2.19. The Morgan fingerprint density at radius 1 is 1.21 bits per heavy atom. The Kier molecular flexibility index (Phi) is 5.40. The fourth-order valence-corrected chi connectivity index (χ4v) is 3.47. The molecule has 0 amide bonds. The molecular formula is C18H19FN2O2S. The summed E-state index contributed by atoms with van der Waals surface area (Å²) in [6, 6.07) is 13.8. The Bertz CT molecular complexity index is 758. The zero-order valence-electron chi connectivity index (χ0n) is 13.4. The number of aromatic nitrogens is 1. The van der Waals surface area contributed by atoms with Crippen LogP contribution < -0.4 is 4.74 Å². The monoisotopic (exact) mass is 346 g/mol. The van der Waals surface area contributed by atoms with Crippen LogP contribution in [0.1, 0.15) is 5.01 Å². The number of aliphatic hydroxyl groups excluding tert-OH is 1. The van der Waals surface area contributed by atoms with Crippen molar-refractivity contribution in [3.63, 3.8) is 0 Å². The molecule has 0 aliphatic rings. The van der Waals surface area contributed by atoms with E-state index >= 15 is 0 Å². The molecule has 24 heavy (non-hydrogen) atoms. The van der Waals surface area contributed by atoms with Crippen LogP contribution in [0.2, 0.25) is 0 Å². The molecule has 0 fully saturated rings. The molecule has 6 heteroatoms. The summed E-state index contributed by atoms with van der Waals surface area (Å²) >= 11 is 1.66. The van der Waals surface area contributed by atoms with Crippen molar-refractivity contribution in [2.45, 2.75) is 12.6 Å². The van der Waals surface area contributed by atoms with E-state index in [9.17, 15) is 9.50 Å². The molecule has 0 radical (unpaired) electrons. The van der Waals surface area contributed by atoms with Gasteiger partial charge in [0.1, 0.15) is 29.3 Å². The molecule has 0 unspecified atom stereocenters. The second-order valence-electron chi connectivity index (χ2n) is 5.69. The number of rotatable bonds is 7. The number of hydrogen-bond acceptors (Lipinski definition) is 5. The summed E-state index contributed by atoms with van der Waals surface area (Å²) in [6.07, 6.45) is -0.630. The summed E-state index contributed by atoms with van der Waals surface area (Å²) in [5, 5.41) is 11.1. The number of benzene rings is 2. The first kappa shape index (κ1) is 16.8. The maximum absolute atomic E-state index is 12.8. The molecule has 1 atom stereocenters. The van der Waals surface area contributed by atoms with E-state index < -0.39 is 6.10 Å². The zero-order valence-corrected chi connectivity index (χ0v) is 14.2. The summed E-state index contributed by atoms with van der Waals surface area (Å²) in [5.41, 5.74) is 1.01. The van der Waals surface area contributed by atoms with Crippen molar-refractivity contribution in [1.29, 1.82) is 0 Å². The first-order valence-corrected chi connectivity index (χ1v) is 8.51. The van der Waals surface area contributed by atoms with Crippen LogP contribution in [0.5, 0.6) is 5.75 Å². The van der Waals surface area contributed by atoms with Crippen molar-refractivity contribution in [3.8, 4) is 5.75 Å². The van der Waals surface area contributed by atoms with Gasteiger partial charge in [-0.25, -0.2) is 9.37 Å². The minimum absolute atomic E-state index is 0.163. The van der Waals surface area contributed by atoms with Crippen LogP contribution in [0.4, 0.5) is 4.39 Å². The number of hydrogen-bond donors (Lipinski definition) is 1. The molecule has 4 nitrogen and oxygen atoms in total. The molecule has 0 saturated heterocycles. The minimum atomic E-state index is -0.630. The molecule has 3 aromatic rings.